The molecule has 1 heterocycles. The van der Waals surface area contributed by atoms with E-state index in [1.807, 2.05) is 24.3 Å². The average molecular weight is 439 g/mol. The zero-order chi connectivity index (χ0) is 22.8. The molecule has 32 heavy (non-hydrogen) atoms. The van der Waals surface area contributed by atoms with Crippen molar-refractivity contribution < 1.29 is 18.6 Å². The Labute approximate surface area is 190 Å². The molecule has 0 saturated heterocycles. The first-order chi connectivity index (χ1) is 15.7. The highest BCUT2D eigenvalue weighted by Gasteiger charge is 2.15. The van der Waals surface area contributed by atoms with Gasteiger partial charge in [-0.05, 0) is 43.5 Å². The van der Waals surface area contributed by atoms with Gasteiger partial charge in [0.25, 0.3) is 0 Å². The quantitative estimate of drug-likeness (QED) is 0.269. The van der Waals surface area contributed by atoms with E-state index in [1.165, 1.54) is 6.07 Å². The molecule has 0 spiro atoms. The van der Waals surface area contributed by atoms with Crippen molar-refractivity contribution in [3.8, 4) is 28.6 Å². The zero-order valence-corrected chi connectivity index (χ0v) is 19.4. The maximum Gasteiger partial charge on any atom is 0.197 e. The number of hydrogen-bond donors (Lipinski definition) is 0. The summed E-state index contributed by atoms with van der Waals surface area (Å²) in [5.41, 5.74) is 1.16. The van der Waals surface area contributed by atoms with E-state index in [1.54, 1.807) is 12.1 Å². The van der Waals surface area contributed by atoms with E-state index in [0.717, 1.165) is 49.8 Å². The van der Waals surface area contributed by atoms with Gasteiger partial charge < -0.3 is 18.6 Å². The van der Waals surface area contributed by atoms with Crippen LogP contribution in [0.15, 0.2) is 51.7 Å². The van der Waals surface area contributed by atoms with E-state index in [4.69, 9.17) is 18.6 Å². The van der Waals surface area contributed by atoms with Gasteiger partial charge >= 0.3 is 0 Å². The predicted octanol–water partition coefficient (Wildman–Crippen LogP) is 7.00. The summed E-state index contributed by atoms with van der Waals surface area (Å²) >= 11 is 0. The molecule has 0 fully saturated rings. The van der Waals surface area contributed by atoms with Gasteiger partial charge in [-0.1, -0.05) is 40.0 Å². The van der Waals surface area contributed by atoms with Crippen LogP contribution in [0.2, 0.25) is 0 Å². The minimum absolute atomic E-state index is 0.129. The lowest BCUT2D eigenvalue weighted by Crippen LogP contribution is -2.06. The Morgan fingerprint density at radius 2 is 1.31 bits per heavy atom. The van der Waals surface area contributed by atoms with Crippen molar-refractivity contribution in [2.45, 2.75) is 59.3 Å². The maximum absolute atomic E-state index is 13.0. The predicted molar refractivity (Wildman–Crippen MR) is 129 cm³/mol. The standard InChI is InChI=1S/C27H34O5/c1-4-7-14-29-21-12-10-20(11-13-21)24-19-23(28)27-25(31-16-9-6-3)17-22(18-26(27)32-24)30-15-8-5-2/h10-13,17-19H,4-9,14-16H2,1-3H3. The highest BCUT2D eigenvalue weighted by Crippen LogP contribution is 2.32. The van der Waals surface area contributed by atoms with Crippen molar-refractivity contribution in [1.29, 1.82) is 0 Å². The molecule has 1 aromatic heterocycles. The number of rotatable bonds is 13. The van der Waals surface area contributed by atoms with E-state index in [2.05, 4.69) is 20.8 Å². The first-order valence-corrected chi connectivity index (χ1v) is 11.8. The maximum atomic E-state index is 13.0. The second kappa shape index (κ2) is 12.2. The first-order valence-electron chi connectivity index (χ1n) is 11.8. The third-order valence-corrected chi connectivity index (χ3v) is 5.20. The van der Waals surface area contributed by atoms with Crippen molar-refractivity contribution in [2.75, 3.05) is 19.8 Å². The molecule has 5 heteroatoms. The number of unbranched alkanes of at least 4 members (excludes halogenated alkanes) is 3. The zero-order valence-electron chi connectivity index (χ0n) is 19.4. The van der Waals surface area contributed by atoms with Crippen LogP contribution in [-0.4, -0.2) is 19.8 Å². The molecule has 0 saturated carbocycles. The topological polar surface area (TPSA) is 57.9 Å². The van der Waals surface area contributed by atoms with Crippen LogP contribution in [0, 0.1) is 0 Å². The third-order valence-electron chi connectivity index (χ3n) is 5.20. The molecular formula is C27H34O5. The average Bonchev–Trinajstić information content (AvgIpc) is 2.79. The lowest BCUT2D eigenvalue weighted by Gasteiger charge is -2.13. The molecule has 3 aromatic rings. The van der Waals surface area contributed by atoms with Crippen LogP contribution < -0.4 is 19.6 Å². The summed E-state index contributed by atoms with van der Waals surface area (Å²) in [6.45, 7) is 8.21. The van der Waals surface area contributed by atoms with Gasteiger partial charge in [-0.25, -0.2) is 0 Å². The number of ether oxygens (including phenoxy) is 3. The van der Waals surface area contributed by atoms with Gasteiger partial charge in [-0.2, -0.15) is 0 Å². The van der Waals surface area contributed by atoms with Gasteiger partial charge in [-0.15, -0.1) is 0 Å². The monoisotopic (exact) mass is 438 g/mol. The second-order valence-electron chi connectivity index (χ2n) is 7.90. The van der Waals surface area contributed by atoms with Crippen molar-refractivity contribution in [2.24, 2.45) is 0 Å². The normalized spacial score (nSPS) is 11.0. The minimum Gasteiger partial charge on any atom is -0.494 e. The summed E-state index contributed by atoms with van der Waals surface area (Å²) < 4.78 is 23.7. The molecule has 0 aliphatic carbocycles. The molecule has 0 atom stereocenters. The molecule has 0 N–H and O–H groups in total. The fourth-order valence-electron chi connectivity index (χ4n) is 3.28. The molecule has 0 unspecified atom stereocenters. The van der Waals surface area contributed by atoms with Crippen molar-refractivity contribution in [3.05, 3.63) is 52.7 Å². The van der Waals surface area contributed by atoms with E-state index in [-0.39, 0.29) is 5.43 Å². The van der Waals surface area contributed by atoms with E-state index in [0.29, 0.717) is 48.0 Å². The van der Waals surface area contributed by atoms with Crippen LogP contribution in [0.5, 0.6) is 17.2 Å². The lowest BCUT2D eigenvalue weighted by atomic mass is 10.1. The summed E-state index contributed by atoms with van der Waals surface area (Å²) in [6, 6.07) is 12.7. The van der Waals surface area contributed by atoms with E-state index < -0.39 is 0 Å². The molecule has 0 aliphatic heterocycles. The van der Waals surface area contributed by atoms with Crippen LogP contribution in [0.1, 0.15) is 59.3 Å². The Balaban J connectivity index is 1.94. The molecule has 0 amide bonds. The van der Waals surface area contributed by atoms with Gasteiger partial charge in [-0.3, -0.25) is 4.79 Å². The molecule has 3 rings (SSSR count). The van der Waals surface area contributed by atoms with Crippen LogP contribution in [0.25, 0.3) is 22.3 Å². The number of fused-ring (bicyclic) bond motifs is 1. The van der Waals surface area contributed by atoms with Crippen LogP contribution in [0.3, 0.4) is 0 Å². The lowest BCUT2D eigenvalue weighted by molar-refractivity contribution is 0.296. The molecule has 2 aromatic carbocycles. The summed E-state index contributed by atoms with van der Waals surface area (Å²) in [7, 11) is 0. The third kappa shape index (κ3) is 6.28. The summed E-state index contributed by atoms with van der Waals surface area (Å²) in [6.07, 6.45) is 6.05. The van der Waals surface area contributed by atoms with E-state index >= 15 is 0 Å². The van der Waals surface area contributed by atoms with Gasteiger partial charge in [0.05, 0.1) is 19.8 Å². The molecule has 5 nitrogen and oxygen atoms in total. The SMILES string of the molecule is CCCCOc1ccc(-c2cc(=O)c3c(OCCCC)cc(OCCCC)cc3o2)cc1. The Kier molecular flexibility index (Phi) is 9.02. The first kappa shape index (κ1) is 23.7. The highest BCUT2D eigenvalue weighted by atomic mass is 16.5. The van der Waals surface area contributed by atoms with Crippen LogP contribution in [-0.2, 0) is 0 Å². The molecule has 0 bridgehead atoms. The fraction of sp³-hybridized carbons (Fsp3) is 0.444. The van der Waals surface area contributed by atoms with Gasteiger partial charge in [0.15, 0.2) is 5.43 Å². The van der Waals surface area contributed by atoms with Crippen molar-refractivity contribution >= 4 is 11.0 Å². The van der Waals surface area contributed by atoms with E-state index in [9.17, 15) is 4.79 Å². The van der Waals surface area contributed by atoms with Gasteiger partial charge in [0.2, 0.25) is 0 Å². The Morgan fingerprint density at radius 3 is 1.94 bits per heavy atom. The number of benzene rings is 2. The molecular weight excluding hydrogens is 404 g/mol. The number of hydrogen-bond acceptors (Lipinski definition) is 5. The summed E-state index contributed by atoms with van der Waals surface area (Å²) in [5, 5.41) is 0.451. The van der Waals surface area contributed by atoms with Crippen LogP contribution >= 0.6 is 0 Å². The van der Waals surface area contributed by atoms with Crippen LogP contribution in [0.4, 0.5) is 0 Å². The Bertz CT molecular complexity index is 1040. The molecule has 0 radical (unpaired) electrons. The molecule has 172 valence electrons. The molecule has 0 aliphatic rings. The Morgan fingerprint density at radius 1 is 0.719 bits per heavy atom. The second-order valence-corrected chi connectivity index (χ2v) is 7.90. The summed E-state index contributed by atoms with van der Waals surface area (Å²) in [5.74, 6) is 2.48. The van der Waals surface area contributed by atoms with Crippen molar-refractivity contribution in [3.63, 3.8) is 0 Å². The van der Waals surface area contributed by atoms with Gasteiger partial charge in [0, 0.05) is 23.8 Å². The van der Waals surface area contributed by atoms with Gasteiger partial charge in [0.1, 0.15) is 34.0 Å². The Hall–Kier alpha value is -2.95. The highest BCUT2D eigenvalue weighted by molar-refractivity contribution is 5.86. The largest absolute Gasteiger partial charge is 0.494 e. The fourth-order valence-corrected chi connectivity index (χ4v) is 3.28. The minimum atomic E-state index is -0.129. The van der Waals surface area contributed by atoms with Crippen molar-refractivity contribution in [1.82, 2.24) is 0 Å². The summed E-state index contributed by atoms with van der Waals surface area (Å²) in [4.78, 5) is 13.0. The smallest absolute Gasteiger partial charge is 0.197 e.